The van der Waals surface area contributed by atoms with Crippen LogP contribution in [0.5, 0.6) is 0 Å². The van der Waals surface area contributed by atoms with Crippen molar-refractivity contribution in [1.82, 2.24) is 24.9 Å². The molecule has 0 fully saturated rings. The molecule has 1 aliphatic rings. The molecule has 118 valence electrons. The highest BCUT2D eigenvalue weighted by molar-refractivity contribution is 5.76. The third-order valence-electron chi connectivity index (χ3n) is 4.36. The monoisotopic (exact) mass is 301 g/mol. The number of amides is 1. The van der Waals surface area contributed by atoms with Gasteiger partial charge >= 0.3 is 0 Å². The first-order valence-corrected chi connectivity index (χ1v) is 7.86. The van der Waals surface area contributed by atoms with Crippen molar-refractivity contribution >= 4 is 5.91 Å². The molecule has 0 aliphatic heterocycles. The molecule has 0 radical (unpaired) electrons. The van der Waals surface area contributed by atoms with Gasteiger partial charge in [-0.05, 0) is 39.2 Å². The number of nitrogens with zero attached hydrogens (tertiary/aromatic N) is 4. The Morgan fingerprint density at radius 1 is 1.45 bits per heavy atom. The summed E-state index contributed by atoms with van der Waals surface area (Å²) in [5, 5.41) is 11.9. The maximum Gasteiger partial charge on any atom is 0.222 e. The maximum atomic E-state index is 12.2. The van der Waals surface area contributed by atoms with Crippen molar-refractivity contribution in [2.45, 2.75) is 52.1 Å². The molecule has 0 bridgehead atoms. The van der Waals surface area contributed by atoms with Crippen molar-refractivity contribution in [3.8, 4) is 0 Å². The van der Waals surface area contributed by atoms with Crippen LogP contribution in [0.4, 0.5) is 0 Å². The fourth-order valence-corrected chi connectivity index (χ4v) is 3.23. The maximum absolute atomic E-state index is 12.2. The number of hydrogen-bond acceptors (Lipinski definition) is 3. The molecule has 1 amide bonds. The van der Waals surface area contributed by atoms with E-state index in [1.165, 1.54) is 11.3 Å². The van der Waals surface area contributed by atoms with Crippen LogP contribution in [0.25, 0.3) is 0 Å². The van der Waals surface area contributed by atoms with E-state index in [0.29, 0.717) is 13.0 Å². The lowest BCUT2D eigenvalue weighted by molar-refractivity contribution is -0.122. The van der Waals surface area contributed by atoms with E-state index in [1.807, 2.05) is 42.5 Å². The molecule has 0 spiro atoms. The molecular weight excluding hydrogens is 278 g/mol. The molecule has 0 aromatic carbocycles. The number of aryl methyl sites for hydroxylation is 4. The van der Waals surface area contributed by atoms with Crippen molar-refractivity contribution in [2.75, 3.05) is 0 Å². The van der Waals surface area contributed by atoms with Crippen LogP contribution in [0.3, 0.4) is 0 Å². The van der Waals surface area contributed by atoms with Crippen LogP contribution < -0.4 is 5.32 Å². The molecule has 1 aliphatic carbocycles. The Morgan fingerprint density at radius 2 is 2.27 bits per heavy atom. The summed E-state index contributed by atoms with van der Waals surface area (Å²) >= 11 is 0. The smallest absolute Gasteiger partial charge is 0.222 e. The van der Waals surface area contributed by atoms with E-state index in [4.69, 9.17) is 0 Å². The highest BCUT2D eigenvalue weighted by Crippen LogP contribution is 2.29. The third kappa shape index (κ3) is 2.91. The van der Waals surface area contributed by atoms with Crippen molar-refractivity contribution < 1.29 is 4.79 Å². The average molecular weight is 301 g/mol. The summed E-state index contributed by atoms with van der Waals surface area (Å²) in [5.41, 5.74) is 4.51. The molecule has 22 heavy (non-hydrogen) atoms. The molecule has 1 atom stereocenters. The van der Waals surface area contributed by atoms with Crippen LogP contribution in [0, 0.1) is 13.8 Å². The van der Waals surface area contributed by atoms with Crippen molar-refractivity contribution in [3.63, 3.8) is 0 Å². The standard InChI is InChI=1S/C16H23N5O/c1-11-9-12(2)21(19-11)8-7-16(22)18-14-5-4-6-15-13(14)10-17-20(15)3/h9-10,14H,4-8H2,1-3H3,(H,18,22). The number of rotatable bonds is 4. The fraction of sp³-hybridized carbons (Fsp3) is 0.562. The molecule has 1 N–H and O–H groups in total. The Kier molecular flexibility index (Phi) is 4.00. The number of carbonyl (C=O) groups excluding carboxylic acids is 1. The third-order valence-corrected chi connectivity index (χ3v) is 4.36. The zero-order valence-electron chi connectivity index (χ0n) is 13.5. The van der Waals surface area contributed by atoms with E-state index < -0.39 is 0 Å². The van der Waals surface area contributed by atoms with Gasteiger partial charge in [-0.2, -0.15) is 10.2 Å². The van der Waals surface area contributed by atoms with Gasteiger partial charge in [-0.15, -0.1) is 0 Å². The highest BCUT2D eigenvalue weighted by atomic mass is 16.1. The topological polar surface area (TPSA) is 64.7 Å². The molecule has 6 heteroatoms. The summed E-state index contributed by atoms with van der Waals surface area (Å²) in [6, 6.07) is 2.13. The molecule has 2 aromatic rings. The molecule has 2 aromatic heterocycles. The predicted molar refractivity (Wildman–Crippen MR) is 83.3 cm³/mol. The van der Waals surface area contributed by atoms with Crippen LogP contribution in [0.1, 0.15) is 47.9 Å². The van der Waals surface area contributed by atoms with Gasteiger partial charge in [-0.3, -0.25) is 14.2 Å². The number of hydrogen-bond donors (Lipinski definition) is 1. The van der Waals surface area contributed by atoms with Crippen LogP contribution in [-0.2, 0) is 24.8 Å². The normalized spacial score (nSPS) is 17.3. The van der Waals surface area contributed by atoms with Crippen molar-refractivity contribution in [2.24, 2.45) is 7.05 Å². The van der Waals surface area contributed by atoms with Crippen molar-refractivity contribution in [1.29, 1.82) is 0 Å². The molecule has 6 nitrogen and oxygen atoms in total. The van der Waals surface area contributed by atoms with Gasteiger partial charge in [0.15, 0.2) is 0 Å². The van der Waals surface area contributed by atoms with Gasteiger partial charge in [0.2, 0.25) is 5.91 Å². The minimum absolute atomic E-state index is 0.0780. The summed E-state index contributed by atoms with van der Waals surface area (Å²) < 4.78 is 3.81. The van der Waals surface area contributed by atoms with E-state index in [0.717, 1.165) is 30.7 Å². The lowest BCUT2D eigenvalue weighted by Crippen LogP contribution is -2.31. The summed E-state index contributed by atoms with van der Waals surface area (Å²) in [7, 11) is 1.96. The summed E-state index contributed by atoms with van der Waals surface area (Å²) in [5.74, 6) is 0.0780. The van der Waals surface area contributed by atoms with Gasteiger partial charge in [0, 0.05) is 37.0 Å². The van der Waals surface area contributed by atoms with E-state index in [1.54, 1.807) is 0 Å². The second kappa shape index (κ2) is 5.94. The first-order chi connectivity index (χ1) is 10.5. The van der Waals surface area contributed by atoms with Gasteiger partial charge in [0.25, 0.3) is 0 Å². The van der Waals surface area contributed by atoms with E-state index in [2.05, 4.69) is 15.5 Å². The quantitative estimate of drug-likeness (QED) is 0.937. The van der Waals surface area contributed by atoms with Crippen LogP contribution in [0.15, 0.2) is 12.3 Å². The second-order valence-corrected chi connectivity index (χ2v) is 6.08. The molecule has 3 rings (SSSR count). The van der Waals surface area contributed by atoms with Gasteiger partial charge < -0.3 is 5.32 Å². The summed E-state index contributed by atoms with van der Waals surface area (Å²) in [4.78, 5) is 12.2. The van der Waals surface area contributed by atoms with E-state index in [-0.39, 0.29) is 11.9 Å². The minimum Gasteiger partial charge on any atom is -0.349 e. The SMILES string of the molecule is Cc1cc(C)n(CCC(=O)NC2CCCc3c2cnn3C)n1. The van der Waals surface area contributed by atoms with Gasteiger partial charge in [-0.1, -0.05) is 0 Å². The van der Waals surface area contributed by atoms with Crippen molar-refractivity contribution in [3.05, 3.63) is 34.9 Å². The van der Waals surface area contributed by atoms with Crippen LogP contribution in [-0.4, -0.2) is 25.5 Å². The Morgan fingerprint density at radius 3 is 3.00 bits per heavy atom. The van der Waals surface area contributed by atoms with E-state index in [9.17, 15) is 4.79 Å². The minimum atomic E-state index is 0.0780. The predicted octanol–water partition coefficient (Wildman–Crippen LogP) is 1.82. The molecule has 0 saturated heterocycles. The van der Waals surface area contributed by atoms with E-state index >= 15 is 0 Å². The Bertz CT molecular complexity index is 685. The number of nitrogens with one attached hydrogen (secondary N) is 1. The van der Waals surface area contributed by atoms with Crippen LogP contribution >= 0.6 is 0 Å². The molecular formula is C16H23N5O. The van der Waals surface area contributed by atoms with Gasteiger partial charge in [0.1, 0.15) is 0 Å². The Labute approximate surface area is 130 Å². The highest BCUT2D eigenvalue weighted by Gasteiger charge is 2.24. The first-order valence-electron chi connectivity index (χ1n) is 7.86. The van der Waals surface area contributed by atoms with Gasteiger partial charge in [-0.25, -0.2) is 0 Å². The first kappa shape index (κ1) is 14.8. The molecule has 1 unspecified atom stereocenters. The molecule has 2 heterocycles. The Hall–Kier alpha value is -2.11. The van der Waals surface area contributed by atoms with Gasteiger partial charge in [0.05, 0.1) is 17.9 Å². The summed E-state index contributed by atoms with van der Waals surface area (Å²) in [6.45, 7) is 4.61. The zero-order chi connectivity index (χ0) is 15.7. The number of aromatic nitrogens is 4. The Balaban J connectivity index is 1.60. The fourth-order valence-electron chi connectivity index (χ4n) is 3.23. The number of carbonyl (C=O) groups is 1. The largest absolute Gasteiger partial charge is 0.349 e. The lowest BCUT2D eigenvalue weighted by Gasteiger charge is -2.23. The number of fused-ring (bicyclic) bond motifs is 1. The second-order valence-electron chi connectivity index (χ2n) is 6.08. The average Bonchev–Trinajstić information content (AvgIpc) is 3.01. The zero-order valence-corrected chi connectivity index (χ0v) is 13.5. The lowest BCUT2D eigenvalue weighted by atomic mass is 9.93. The summed E-state index contributed by atoms with van der Waals surface area (Å²) in [6.07, 6.45) is 5.47. The van der Waals surface area contributed by atoms with Crippen LogP contribution in [0.2, 0.25) is 0 Å². The molecule has 0 saturated carbocycles.